The van der Waals surface area contributed by atoms with Crippen molar-refractivity contribution in [1.82, 2.24) is 20.1 Å². The van der Waals surface area contributed by atoms with E-state index in [4.69, 9.17) is 0 Å². The van der Waals surface area contributed by atoms with Gasteiger partial charge < -0.3 is 4.90 Å². The van der Waals surface area contributed by atoms with Gasteiger partial charge in [-0.05, 0) is 33.1 Å². The van der Waals surface area contributed by atoms with Crippen LogP contribution in [-0.4, -0.2) is 32.5 Å². The Morgan fingerprint density at radius 1 is 1.48 bits per heavy atom. The minimum Gasteiger partial charge on any atom is -0.335 e. The third-order valence-corrected chi connectivity index (χ3v) is 4.97. The number of aromatic amines is 1. The number of rotatable bonds is 3. The smallest absolute Gasteiger partial charge is 0.229 e. The van der Waals surface area contributed by atoms with E-state index in [-0.39, 0.29) is 11.9 Å². The normalized spacial score (nSPS) is 19.0. The lowest BCUT2D eigenvalue weighted by atomic mass is 9.97. The Morgan fingerprint density at radius 3 is 3.00 bits per heavy atom. The zero-order valence-corrected chi connectivity index (χ0v) is 13.2. The van der Waals surface area contributed by atoms with Crippen LogP contribution in [0.1, 0.15) is 46.4 Å². The summed E-state index contributed by atoms with van der Waals surface area (Å²) in [6.45, 7) is 4.86. The second-order valence-corrected chi connectivity index (χ2v) is 6.95. The fourth-order valence-electron chi connectivity index (χ4n) is 3.00. The molecule has 0 radical (unpaired) electrons. The molecule has 0 aromatic carbocycles. The second kappa shape index (κ2) is 5.97. The third kappa shape index (κ3) is 3.00. The molecule has 1 atom stereocenters. The van der Waals surface area contributed by atoms with Gasteiger partial charge in [0.1, 0.15) is 0 Å². The number of nitrogens with one attached hydrogen (secondary N) is 1. The molecule has 0 saturated carbocycles. The number of H-pyrrole nitrogens is 1. The average molecular weight is 304 g/mol. The molecule has 0 aliphatic carbocycles. The van der Waals surface area contributed by atoms with E-state index in [1.165, 1.54) is 0 Å². The Balaban J connectivity index is 1.77. The molecule has 21 heavy (non-hydrogen) atoms. The molecule has 2 aromatic heterocycles. The van der Waals surface area contributed by atoms with E-state index in [0.29, 0.717) is 6.42 Å². The lowest BCUT2D eigenvalue weighted by Gasteiger charge is -2.35. The first-order chi connectivity index (χ1) is 10.1. The van der Waals surface area contributed by atoms with Gasteiger partial charge in [-0.2, -0.15) is 5.10 Å². The zero-order chi connectivity index (χ0) is 14.8. The van der Waals surface area contributed by atoms with Gasteiger partial charge >= 0.3 is 0 Å². The highest BCUT2D eigenvalue weighted by Crippen LogP contribution is 2.31. The summed E-state index contributed by atoms with van der Waals surface area (Å²) in [5, 5.41) is 7.90. The molecule has 1 saturated heterocycles. The van der Waals surface area contributed by atoms with Crippen molar-refractivity contribution in [2.45, 2.75) is 45.6 Å². The maximum atomic E-state index is 12.7. The Bertz CT molecular complexity index is 620. The number of hydrogen-bond acceptors (Lipinski definition) is 4. The van der Waals surface area contributed by atoms with Crippen LogP contribution in [0.2, 0.25) is 0 Å². The summed E-state index contributed by atoms with van der Waals surface area (Å²) < 4.78 is 0. The molecular formula is C15H20N4OS. The highest BCUT2D eigenvalue weighted by atomic mass is 32.1. The van der Waals surface area contributed by atoms with E-state index in [2.05, 4.69) is 15.2 Å². The van der Waals surface area contributed by atoms with E-state index in [0.717, 1.165) is 46.9 Å². The fraction of sp³-hybridized carbons (Fsp3) is 0.533. The number of nitrogens with zero attached hydrogens (tertiary/aromatic N) is 3. The van der Waals surface area contributed by atoms with Crippen LogP contribution in [0, 0.1) is 13.8 Å². The molecule has 1 N–H and O–H groups in total. The largest absolute Gasteiger partial charge is 0.335 e. The molecule has 1 aliphatic rings. The third-order valence-electron chi connectivity index (χ3n) is 4.05. The molecular weight excluding hydrogens is 284 g/mol. The molecule has 5 nitrogen and oxygen atoms in total. The van der Waals surface area contributed by atoms with Gasteiger partial charge in [-0.25, -0.2) is 4.98 Å². The predicted octanol–water partition coefficient (Wildman–Crippen LogP) is 2.78. The van der Waals surface area contributed by atoms with Crippen molar-refractivity contribution in [2.75, 3.05) is 6.54 Å². The number of likely N-dealkylation sites (tertiary alicyclic amines) is 1. The van der Waals surface area contributed by atoms with Crippen LogP contribution in [0.15, 0.2) is 12.4 Å². The minimum atomic E-state index is 0.157. The quantitative estimate of drug-likeness (QED) is 0.948. The number of piperidine rings is 1. The van der Waals surface area contributed by atoms with Crippen molar-refractivity contribution in [2.24, 2.45) is 0 Å². The van der Waals surface area contributed by atoms with Gasteiger partial charge in [-0.3, -0.25) is 9.89 Å². The van der Waals surface area contributed by atoms with Gasteiger partial charge in [0, 0.05) is 23.2 Å². The lowest BCUT2D eigenvalue weighted by Crippen LogP contribution is -2.39. The molecule has 1 amide bonds. The number of thiazole rings is 1. The first-order valence-corrected chi connectivity index (χ1v) is 8.18. The van der Waals surface area contributed by atoms with Crippen molar-refractivity contribution in [3.63, 3.8) is 0 Å². The maximum Gasteiger partial charge on any atom is 0.229 e. The summed E-state index contributed by atoms with van der Waals surface area (Å²) in [6.07, 6.45) is 7.39. The van der Waals surface area contributed by atoms with Crippen molar-refractivity contribution >= 4 is 17.2 Å². The summed E-state index contributed by atoms with van der Waals surface area (Å²) >= 11 is 1.66. The van der Waals surface area contributed by atoms with Gasteiger partial charge in [0.2, 0.25) is 5.91 Å². The van der Waals surface area contributed by atoms with Gasteiger partial charge in [0.15, 0.2) is 0 Å². The monoisotopic (exact) mass is 304 g/mol. The molecule has 2 aromatic rings. The first-order valence-electron chi connectivity index (χ1n) is 7.36. The number of aryl methyl sites for hydroxylation is 2. The van der Waals surface area contributed by atoms with Crippen LogP contribution in [0.3, 0.4) is 0 Å². The average Bonchev–Trinajstić information content (AvgIpc) is 3.09. The topological polar surface area (TPSA) is 61.9 Å². The van der Waals surface area contributed by atoms with Crippen LogP contribution in [0.4, 0.5) is 0 Å². The maximum absolute atomic E-state index is 12.7. The number of amides is 1. The molecule has 1 aliphatic heterocycles. The van der Waals surface area contributed by atoms with E-state index >= 15 is 0 Å². The van der Waals surface area contributed by atoms with Gasteiger partial charge in [0.05, 0.1) is 29.4 Å². The molecule has 0 spiro atoms. The van der Waals surface area contributed by atoms with Crippen LogP contribution in [-0.2, 0) is 11.2 Å². The van der Waals surface area contributed by atoms with E-state index in [1.54, 1.807) is 11.3 Å². The summed E-state index contributed by atoms with van der Waals surface area (Å²) in [4.78, 5) is 20.3. The van der Waals surface area contributed by atoms with Crippen LogP contribution < -0.4 is 0 Å². The van der Waals surface area contributed by atoms with Crippen LogP contribution in [0.5, 0.6) is 0 Å². The molecule has 3 heterocycles. The lowest BCUT2D eigenvalue weighted by molar-refractivity contribution is -0.134. The fourth-order valence-corrected chi connectivity index (χ4v) is 3.84. The van der Waals surface area contributed by atoms with Crippen molar-refractivity contribution in [3.05, 3.63) is 33.5 Å². The number of carbonyl (C=O) groups excluding carboxylic acids is 1. The summed E-state index contributed by atoms with van der Waals surface area (Å²) in [7, 11) is 0. The summed E-state index contributed by atoms with van der Waals surface area (Å²) in [6, 6.07) is 0.157. The van der Waals surface area contributed by atoms with E-state index in [9.17, 15) is 4.79 Å². The number of hydrogen-bond donors (Lipinski definition) is 1. The van der Waals surface area contributed by atoms with Crippen molar-refractivity contribution in [3.8, 4) is 0 Å². The Hall–Kier alpha value is -1.69. The Labute approximate surface area is 128 Å². The van der Waals surface area contributed by atoms with Gasteiger partial charge in [-0.1, -0.05) is 0 Å². The van der Waals surface area contributed by atoms with E-state index < -0.39 is 0 Å². The zero-order valence-electron chi connectivity index (χ0n) is 12.4. The molecule has 1 fully saturated rings. The second-order valence-electron chi connectivity index (χ2n) is 5.54. The SMILES string of the molecule is Cc1nc(CC(=O)N2CCCCC2c2cn[nH]c2)c(C)s1. The minimum absolute atomic E-state index is 0.157. The summed E-state index contributed by atoms with van der Waals surface area (Å²) in [5.41, 5.74) is 2.04. The standard InChI is InChI=1S/C15H20N4OS/c1-10-13(18-11(2)21-10)7-15(20)19-6-4-3-5-14(19)12-8-16-17-9-12/h8-9,14H,3-7H2,1-2H3,(H,16,17). The van der Waals surface area contributed by atoms with Crippen LogP contribution >= 0.6 is 11.3 Å². The van der Waals surface area contributed by atoms with Crippen molar-refractivity contribution < 1.29 is 4.79 Å². The highest BCUT2D eigenvalue weighted by Gasteiger charge is 2.29. The van der Waals surface area contributed by atoms with Gasteiger partial charge in [-0.15, -0.1) is 11.3 Å². The molecule has 1 unspecified atom stereocenters. The molecule has 3 rings (SSSR count). The Kier molecular flexibility index (Phi) is 4.05. The van der Waals surface area contributed by atoms with Gasteiger partial charge in [0.25, 0.3) is 0 Å². The van der Waals surface area contributed by atoms with E-state index in [1.807, 2.05) is 31.1 Å². The Morgan fingerprint density at radius 2 is 2.33 bits per heavy atom. The highest BCUT2D eigenvalue weighted by molar-refractivity contribution is 7.11. The molecule has 0 bridgehead atoms. The van der Waals surface area contributed by atoms with Crippen molar-refractivity contribution in [1.29, 1.82) is 0 Å². The molecule has 112 valence electrons. The number of aromatic nitrogens is 3. The molecule has 6 heteroatoms. The number of carbonyl (C=O) groups is 1. The van der Waals surface area contributed by atoms with Crippen LogP contribution in [0.25, 0.3) is 0 Å². The summed E-state index contributed by atoms with van der Waals surface area (Å²) in [5.74, 6) is 0.175. The predicted molar refractivity (Wildman–Crippen MR) is 82.2 cm³/mol. The first kappa shape index (κ1) is 14.3.